The molecule has 2 aromatic carbocycles. The van der Waals surface area contributed by atoms with Crippen molar-refractivity contribution in [2.75, 3.05) is 43.2 Å². The third kappa shape index (κ3) is 5.66. The fourth-order valence-electron chi connectivity index (χ4n) is 5.31. The quantitative estimate of drug-likeness (QED) is 0.505. The summed E-state index contributed by atoms with van der Waals surface area (Å²) < 4.78 is 45.9. The van der Waals surface area contributed by atoms with Crippen molar-refractivity contribution in [3.8, 4) is 0 Å². The zero-order valence-electron chi connectivity index (χ0n) is 20.8. The minimum absolute atomic E-state index is 0.0380. The lowest BCUT2D eigenvalue weighted by Gasteiger charge is -2.37. The number of alkyl halides is 3. The van der Waals surface area contributed by atoms with Crippen molar-refractivity contribution in [2.45, 2.75) is 43.9 Å². The Labute approximate surface area is 214 Å². The highest BCUT2D eigenvalue weighted by atomic mass is 19.4. The van der Waals surface area contributed by atoms with Crippen LogP contribution in [0.1, 0.15) is 41.7 Å². The molecule has 0 radical (unpaired) electrons. The van der Waals surface area contributed by atoms with E-state index in [2.05, 4.69) is 15.2 Å². The van der Waals surface area contributed by atoms with E-state index in [4.69, 9.17) is 4.74 Å². The molecule has 1 saturated carbocycles. The summed E-state index contributed by atoms with van der Waals surface area (Å²) in [6, 6.07) is 15.9. The van der Waals surface area contributed by atoms with E-state index in [1.54, 1.807) is 12.1 Å². The molecular weight excluding hydrogens is 481 g/mol. The van der Waals surface area contributed by atoms with Gasteiger partial charge in [0.15, 0.2) is 0 Å². The van der Waals surface area contributed by atoms with Crippen LogP contribution in [0.15, 0.2) is 54.6 Å². The lowest BCUT2D eigenvalue weighted by molar-refractivity contribution is -0.140. The van der Waals surface area contributed by atoms with Crippen molar-refractivity contribution in [2.24, 2.45) is 0 Å². The number of hydrogen-bond acceptors (Lipinski definition) is 5. The first-order valence-corrected chi connectivity index (χ1v) is 12.7. The van der Waals surface area contributed by atoms with Crippen LogP contribution in [0.25, 0.3) is 10.9 Å². The van der Waals surface area contributed by atoms with Crippen LogP contribution < -0.4 is 15.1 Å². The molecule has 1 aliphatic carbocycles. The molecule has 0 atom stereocenters. The highest BCUT2D eigenvalue weighted by molar-refractivity contribution is 5.95. The van der Waals surface area contributed by atoms with Crippen LogP contribution in [-0.2, 0) is 10.9 Å². The number of nitrogens with one attached hydrogen (secondary N) is 1. The minimum Gasteiger partial charge on any atom is -0.378 e. The van der Waals surface area contributed by atoms with E-state index in [1.165, 1.54) is 0 Å². The normalized spacial score (nSPS) is 20.6. The first-order valence-electron chi connectivity index (χ1n) is 12.7. The van der Waals surface area contributed by atoms with Crippen LogP contribution >= 0.6 is 0 Å². The third-order valence-electron chi connectivity index (χ3n) is 7.45. The maximum absolute atomic E-state index is 13.5. The number of nitrogens with zero attached hydrogens (tertiary/aromatic N) is 3. The fraction of sp³-hybridized carbons (Fsp3) is 0.429. The monoisotopic (exact) mass is 512 g/mol. The fourth-order valence-corrected chi connectivity index (χ4v) is 5.31. The van der Waals surface area contributed by atoms with E-state index < -0.39 is 11.9 Å². The maximum atomic E-state index is 13.5. The van der Waals surface area contributed by atoms with E-state index in [1.807, 2.05) is 48.3 Å². The van der Waals surface area contributed by atoms with Crippen molar-refractivity contribution in [1.82, 2.24) is 10.3 Å². The van der Waals surface area contributed by atoms with Gasteiger partial charge in [0.05, 0.1) is 18.7 Å². The smallest absolute Gasteiger partial charge is 0.378 e. The summed E-state index contributed by atoms with van der Waals surface area (Å²) in [5.74, 6) is -0.0970. The van der Waals surface area contributed by atoms with Gasteiger partial charge in [0, 0.05) is 54.5 Å². The lowest BCUT2D eigenvalue weighted by atomic mass is 9.89. The van der Waals surface area contributed by atoms with Crippen LogP contribution in [-0.4, -0.2) is 56.3 Å². The first-order chi connectivity index (χ1) is 17.8. The second-order valence-corrected chi connectivity index (χ2v) is 9.78. The number of aromatic nitrogens is 1. The molecule has 0 unspecified atom stereocenters. The van der Waals surface area contributed by atoms with Crippen molar-refractivity contribution in [3.05, 3.63) is 65.9 Å². The highest BCUT2D eigenvalue weighted by Gasteiger charge is 2.34. The summed E-state index contributed by atoms with van der Waals surface area (Å²) >= 11 is 0. The molecule has 1 aliphatic heterocycles. The lowest BCUT2D eigenvalue weighted by Crippen LogP contribution is -2.43. The molecule has 9 heteroatoms. The number of anilines is 2. The Bertz CT molecular complexity index is 1230. The minimum atomic E-state index is -4.51. The SMILES string of the molecule is CN(c1cc(C(F)(F)F)nc2ccccc12)C1CCC(NC(=O)c2ccc(N3CCOCC3)cc2)CC1. The second-order valence-electron chi connectivity index (χ2n) is 9.78. The molecule has 196 valence electrons. The molecule has 6 nitrogen and oxygen atoms in total. The molecule has 37 heavy (non-hydrogen) atoms. The summed E-state index contributed by atoms with van der Waals surface area (Å²) in [6.45, 7) is 3.11. The molecule has 3 aromatic rings. The molecule has 2 fully saturated rings. The van der Waals surface area contributed by atoms with Gasteiger partial charge in [-0.2, -0.15) is 13.2 Å². The average molecular weight is 513 g/mol. The number of fused-ring (bicyclic) bond motifs is 1. The van der Waals surface area contributed by atoms with Gasteiger partial charge in [0.1, 0.15) is 5.69 Å². The van der Waals surface area contributed by atoms with Crippen molar-refractivity contribution >= 4 is 28.2 Å². The maximum Gasteiger partial charge on any atom is 0.433 e. The zero-order valence-corrected chi connectivity index (χ0v) is 20.8. The summed E-state index contributed by atoms with van der Waals surface area (Å²) in [7, 11) is 1.85. The molecule has 5 rings (SSSR count). The molecule has 2 aliphatic rings. The second kappa shape index (κ2) is 10.6. The van der Waals surface area contributed by atoms with Gasteiger partial charge in [-0.05, 0) is 62.1 Å². The number of amides is 1. The number of ether oxygens (including phenoxy) is 1. The summed E-state index contributed by atoms with van der Waals surface area (Å²) in [5.41, 5.74) is 1.69. The van der Waals surface area contributed by atoms with Crippen LogP contribution in [0, 0.1) is 0 Å². The molecule has 1 amide bonds. The van der Waals surface area contributed by atoms with Gasteiger partial charge in [-0.3, -0.25) is 4.79 Å². The number of halogens is 3. The Morgan fingerprint density at radius 1 is 1.03 bits per heavy atom. The van der Waals surface area contributed by atoms with Crippen LogP contribution in [0.4, 0.5) is 24.5 Å². The van der Waals surface area contributed by atoms with E-state index in [0.29, 0.717) is 35.4 Å². The Balaban J connectivity index is 1.21. The number of hydrogen-bond donors (Lipinski definition) is 1. The molecule has 2 heterocycles. The first kappa shape index (κ1) is 25.3. The number of benzene rings is 2. The van der Waals surface area contributed by atoms with Gasteiger partial charge in [-0.15, -0.1) is 0 Å². The number of morpholine rings is 1. The summed E-state index contributed by atoms with van der Waals surface area (Å²) in [6.07, 6.45) is -1.43. The van der Waals surface area contributed by atoms with Crippen molar-refractivity contribution in [1.29, 1.82) is 0 Å². The van der Waals surface area contributed by atoms with Gasteiger partial charge >= 0.3 is 6.18 Å². The summed E-state index contributed by atoms with van der Waals surface area (Å²) in [4.78, 5) is 20.9. The van der Waals surface area contributed by atoms with Crippen LogP contribution in [0.3, 0.4) is 0 Å². The van der Waals surface area contributed by atoms with Gasteiger partial charge in [0.2, 0.25) is 0 Å². The van der Waals surface area contributed by atoms with Gasteiger partial charge in [0.25, 0.3) is 5.91 Å². The molecule has 0 spiro atoms. The topological polar surface area (TPSA) is 57.7 Å². The Hall–Kier alpha value is -3.33. The molecule has 1 saturated heterocycles. The number of carbonyl (C=O) groups is 1. The third-order valence-corrected chi connectivity index (χ3v) is 7.45. The largest absolute Gasteiger partial charge is 0.433 e. The van der Waals surface area contributed by atoms with Gasteiger partial charge < -0.3 is 19.9 Å². The number of carbonyl (C=O) groups excluding carboxylic acids is 1. The molecule has 1 aromatic heterocycles. The summed E-state index contributed by atoms with van der Waals surface area (Å²) in [5, 5.41) is 3.84. The number of pyridine rings is 1. The van der Waals surface area contributed by atoms with Crippen molar-refractivity contribution < 1.29 is 22.7 Å². The molecule has 1 N–H and O–H groups in total. The predicted octanol–water partition coefficient (Wildman–Crippen LogP) is 5.27. The van der Waals surface area contributed by atoms with Gasteiger partial charge in [-0.25, -0.2) is 4.98 Å². The van der Waals surface area contributed by atoms with E-state index >= 15 is 0 Å². The zero-order chi connectivity index (χ0) is 26.0. The number of para-hydroxylation sites is 1. The average Bonchev–Trinajstić information content (AvgIpc) is 2.92. The Kier molecular flexibility index (Phi) is 7.24. The standard InChI is InChI=1S/C28H31F3N4O2/c1-34(25-18-26(28(29,30)31)33-24-5-3-2-4-23(24)25)21-12-8-20(9-13-21)32-27(36)19-6-10-22(11-7-19)35-14-16-37-17-15-35/h2-7,10-11,18,20-21H,8-9,12-17H2,1H3,(H,32,36). The Morgan fingerprint density at radius 3 is 2.38 bits per heavy atom. The Morgan fingerprint density at radius 2 is 1.70 bits per heavy atom. The van der Waals surface area contributed by atoms with Crippen LogP contribution in [0.2, 0.25) is 0 Å². The van der Waals surface area contributed by atoms with Gasteiger partial charge in [-0.1, -0.05) is 18.2 Å². The van der Waals surface area contributed by atoms with E-state index in [-0.39, 0.29) is 18.0 Å². The molecular formula is C28H31F3N4O2. The van der Waals surface area contributed by atoms with Crippen LogP contribution in [0.5, 0.6) is 0 Å². The highest BCUT2D eigenvalue weighted by Crippen LogP contribution is 2.36. The predicted molar refractivity (Wildman–Crippen MR) is 138 cm³/mol. The van der Waals surface area contributed by atoms with E-state index in [9.17, 15) is 18.0 Å². The molecule has 0 bridgehead atoms. The van der Waals surface area contributed by atoms with E-state index in [0.717, 1.165) is 50.5 Å². The van der Waals surface area contributed by atoms with Crippen molar-refractivity contribution in [3.63, 3.8) is 0 Å². The number of rotatable bonds is 5.